The molecular formula is C11H8F5N5. The van der Waals surface area contributed by atoms with E-state index in [0.29, 0.717) is 10.7 Å². The SMILES string of the molecule is Nc1cc(-c2nnnn2C2(C(F)(F)F)CC2)c(F)cc1F. The van der Waals surface area contributed by atoms with E-state index in [9.17, 15) is 22.0 Å². The Morgan fingerprint density at radius 1 is 1.14 bits per heavy atom. The Bertz CT molecular complexity index is 704. The first-order valence-corrected chi connectivity index (χ1v) is 5.87. The second-order valence-corrected chi connectivity index (χ2v) is 4.80. The molecular weight excluding hydrogens is 297 g/mol. The third-order valence-corrected chi connectivity index (χ3v) is 3.45. The first-order chi connectivity index (χ1) is 9.76. The van der Waals surface area contributed by atoms with Crippen molar-refractivity contribution in [2.45, 2.75) is 24.6 Å². The molecule has 1 aliphatic carbocycles. The van der Waals surface area contributed by atoms with Crippen LogP contribution >= 0.6 is 0 Å². The van der Waals surface area contributed by atoms with Gasteiger partial charge in [-0.05, 0) is 29.3 Å². The molecule has 0 atom stereocenters. The van der Waals surface area contributed by atoms with Crippen LogP contribution in [-0.2, 0) is 5.54 Å². The number of tetrazole rings is 1. The van der Waals surface area contributed by atoms with Crippen molar-refractivity contribution in [1.82, 2.24) is 20.2 Å². The quantitative estimate of drug-likeness (QED) is 0.682. The lowest BCUT2D eigenvalue weighted by atomic mass is 10.1. The zero-order valence-corrected chi connectivity index (χ0v) is 10.3. The molecule has 21 heavy (non-hydrogen) atoms. The standard InChI is InChI=1S/C11H8F5N5/c12-6-4-7(13)8(17)3-5(6)9-18-19-20-21(9)10(1-2-10)11(14,15)16/h3-4H,1-2,17H2. The zero-order valence-electron chi connectivity index (χ0n) is 10.3. The lowest BCUT2D eigenvalue weighted by Crippen LogP contribution is -2.36. The maximum atomic E-state index is 13.8. The number of aromatic nitrogens is 4. The van der Waals surface area contributed by atoms with Gasteiger partial charge in [0.2, 0.25) is 0 Å². The molecule has 2 N–H and O–H groups in total. The Morgan fingerprint density at radius 2 is 1.81 bits per heavy atom. The molecule has 1 aromatic heterocycles. The number of nitrogens with zero attached hydrogens (tertiary/aromatic N) is 4. The average molecular weight is 305 g/mol. The minimum absolute atomic E-state index is 0.202. The van der Waals surface area contributed by atoms with Gasteiger partial charge in [-0.25, -0.2) is 13.5 Å². The van der Waals surface area contributed by atoms with Gasteiger partial charge in [-0.15, -0.1) is 5.10 Å². The topological polar surface area (TPSA) is 69.6 Å². The van der Waals surface area contributed by atoms with E-state index in [1.165, 1.54) is 0 Å². The second kappa shape index (κ2) is 4.12. The van der Waals surface area contributed by atoms with Crippen LogP contribution in [0.15, 0.2) is 12.1 Å². The van der Waals surface area contributed by atoms with Gasteiger partial charge in [0.25, 0.3) is 0 Å². The Kier molecular flexibility index (Phi) is 2.69. The summed E-state index contributed by atoms with van der Waals surface area (Å²) in [6, 6.07) is 1.36. The summed E-state index contributed by atoms with van der Waals surface area (Å²) in [4.78, 5) is 0. The van der Waals surface area contributed by atoms with Crippen LogP contribution in [0.2, 0.25) is 0 Å². The van der Waals surface area contributed by atoms with Gasteiger partial charge in [0.1, 0.15) is 11.6 Å². The third-order valence-electron chi connectivity index (χ3n) is 3.45. The average Bonchev–Trinajstić information content (AvgIpc) is 3.06. The van der Waals surface area contributed by atoms with Gasteiger partial charge < -0.3 is 5.73 Å². The first kappa shape index (κ1) is 13.7. The van der Waals surface area contributed by atoms with E-state index in [1.807, 2.05) is 0 Å². The molecule has 0 spiro atoms. The molecule has 1 fully saturated rings. The number of hydrogen-bond donors (Lipinski definition) is 1. The maximum Gasteiger partial charge on any atom is 0.413 e. The van der Waals surface area contributed by atoms with Crippen molar-refractivity contribution in [3.05, 3.63) is 23.8 Å². The molecule has 3 rings (SSSR count). The van der Waals surface area contributed by atoms with E-state index in [0.717, 1.165) is 6.07 Å². The van der Waals surface area contributed by atoms with Crippen LogP contribution in [0.3, 0.4) is 0 Å². The van der Waals surface area contributed by atoms with E-state index in [2.05, 4.69) is 15.5 Å². The van der Waals surface area contributed by atoms with Crippen molar-refractivity contribution in [3.8, 4) is 11.4 Å². The van der Waals surface area contributed by atoms with Crippen molar-refractivity contribution < 1.29 is 22.0 Å². The van der Waals surface area contributed by atoms with Gasteiger partial charge in [0.15, 0.2) is 11.4 Å². The van der Waals surface area contributed by atoms with Gasteiger partial charge in [-0.2, -0.15) is 13.2 Å². The number of hydrogen-bond acceptors (Lipinski definition) is 4. The molecule has 0 bridgehead atoms. The summed E-state index contributed by atoms with van der Waals surface area (Å²) >= 11 is 0. The van der Waals surface area contributed by atoms with Crippen LogP contribution in [0.1, 0.15) is 12.8 Å². The molecule has 0 amide bonds. The smallest absolute Gasteiger partial charge is 0.396 e. The molecule has 1 aromatic carbocycles. The highest BCUT2D eigenvalue weighted by Crippen LogP contribution is 2.56. The second-order valence-electron chi connectivity index (χ2n) is 4.80. The number of rotatable bonds is 2. The molecule has 2 aromatic rings. The summed E-state index contributed by atoms with van der Waals surface area (Å²) in [5, 5.41) is 9.92. The van der Waals surface area contributed by atoms with Crippen LogP contribution in [0, 0.1) is 11.6 Å². The minimum atomic E-state index is -4.57. The Balaban J connectivity index is 2.15. The van der Waals surface area contributed by atoms with Crippen LogP contribution in [-0.4, -0.2) is 26.4 Å². The minimum Gasteiger partial charge on any atom is -0.396 e. The molecule has 0 unspecified atom stereocenters. The molecule has 1 heterocycles. The van der Waals surface area contributed by atoms with Gasteiger partial charge in [-0.1, -0.05) is 0 Å². The molecule has 0 radical (unpaired) electrons. The van der Waals surface area contributed by atoms with Crippen LogP contribution in [0.25, 0.3) is 11.4 Å². The van der Waals surface area contributed by atoms with Gasteiger partial charge in [0, 0.05) is 6.07 Å². The van der Waals surface area contributed by atoms with Crippen molar-refractivity contribution in [2.75, 3.05) is 5.73 Å². The molecule has 112 valence electrons. The Labute approximate surface area is 114 Å². The van der Waals surface area contributed by atoms with E-state index in [4.69, 9.17) is 5.73 Å². The third kappa shape index (κ3) is 1.93. The number of anilines is 1. The predicted molar refractivity (Wildman–Crippen MR) is 60.8 cm³/mol. The highest BCUT2D eigenvalue weighted by atomic mass is 19.4. The zero-order chi connectivity index (χ0) is 15.4. The molecule has 1 saturated carbocycles. The monoisotopic (exact) mass is 305 g/mol. The predicted octanol–water partition coefficient (Wildman–Crippen LogP) is 2.25. The van der Waals surface area contributed by atoms with Crippen LogP contribution < -0.4 is 5.73 Å². The number of halogens is 5. The molecule has 5 nitrogen and oxygen atoms in total. The largest absolute Gasteiger partial charge is 0.413 e. The Morgan fingerprint density at radius 3 is 2.38 bits per heavy atom. The van der Waals surface area contributed by atoms with Crippen molar-refractivity contribution in [3.63, 3.8) is 0 Å². The van der Waals surface area contributed by atoms with Crippen molar-refractivity contribution in [1.29, 1.82) is 0 Å². The lowest BCUT2D eigenvalue weighted by molar-refractivity contribution is -0.182. The molecule has 0 aliphatic heterocycles. The van der Waals surface area contributed by atoms with E-state index >= 15 is 0 Å². The fourth-order valence-electron chi connectivity index (χ4n) is 2.11. The molecule has 0 saturated heterocycles. The summed E-state index contributed by atoms with van der Waals surface area (Å²) < 4.78 is 66.8. The highest BCUT2D eigenvalue weighted by molar-refractivity contribution is 5.62. The number of nitrogens with two attached hydrogens (primary N) is 1. The number of benzene rings is 1. The van der Waals surface area contributed by atoms with Crippen molar-refractivity contribution in [2.24, 2.45) is 0 Å². The molecule has 10 heteroatoms. The van der Waals surface area contributed by atoms with Gasteiger partial charge in [-0.3, -0.25) is 0 Å². The number of alkyl halides is 3. The fourth-order valence-corrected chi connectivity index (χ4v) is 2.11. The summed E-state index contributed by atoms with van der Waals surface area (Å²) in [6.45, 7) is 0. The fraction of sp³-hybridized carbons (Fsp3) is 0.364. The van der Waals surface area contributed by atoms with Gasteiger partial charge >= 0.3 is 6.18 Å². The highest BCUT2D eigenvalue weighted by Gasteiger charge is 2.67. The summed E-state index contributed by atoms with van der Waals surface area (Å²) in [5.74, 6) is -2.53. The van der Waals surface area contributed by atoms with E-state index < -0.39 is 34.9 Å². The van der Waals surface area contributed by atoms with E-state index in [1.54, 1.807) is 0 Å². The summed E-state index contributed by atoms with van der Waals surface area (Å²) in [6.07, 6.45) is -4.97. The maximum absolute atomic E-state index is 13.8. The summed E-state index contributed by atoms with van der Waals surface area (Å²) in [5.41, 5.74) is 2.29. The normalized spacial score (nSPS) is 17.0. The van der Waals surface area contributed by atoms with Crippen LogP contribution in [0.4, 0.5) is 27.6 Å². The Hall–Kier alpha value is -2.26. The van der Waals surface area contributed by atoms with Gasteiger partial charge in [0.05, 0.1) is 11.3 Å². The summed E-state index contributed by atoms with van der Waals surface area (Å²) in [7, 11) is 0. The molecule has 1 aliphatic rings. The van der Waals surface area contributed by atoms with Crippen molar-refractivity contribution >= 4 is 5.69 Å². The number of nitrogen functional groups attached to an aromatic ring is 1. The lowest BCUT2D eigenvalue weighted by Gasteiger charge is -2.20. The first-order valence-electron chi connectivity index (χ1n) is 5.87. The van der Waals surface area contributed by atoms with E-state index in [-0.39, 0.29) is 18.4 Å². The van der Waals surface area contributed by atoms with Crippen LogP contribution in [0.5, 0.6) is 0 Å².